The number of hydrogen-bond donors (Lipinski definition) is 1. The van der Waals surface area contributed by atoms with Crippen molar-refractivity contribution in [2.24, 2.45) is 23.7 Å². The van der Waals surface area contributed by atoms with E-state index in [1.807, 2.05) is 0 Å². The topological polar surface area (TPSA) is 20.2 Å². The van der Waals surface area contributed by atoms with Gasteiger partial charge in [0, 0.05) is 0 Å². The summed E-state index contributed by atoms with van der Waals surface area (Å²) in [7, 11) is 0. The summed E-state index contributed by atoms with van der Waals surface area (Å²) < 4.78 is 0. The Morgan fingerprint density at radius 1 is 1.06 bits per heavy atom. The van der Waals surface area contributed by atoms with Gasteiger partial charge in [-0.1, -0.05) is 39.5 Å². The number of hydrogen-bond acceptors (Lipinski definition) is 1. The summed E-state index contributed by atoms with van der Waals surface area (Å²) in [5, 5.41) is 10.5. The van der Waals surface area contributed by atoms with Crippen LogP contribution >= 0.6 is 0 Å². The molecule has 0 heterocycles. The monoisotopic (exact) mass is 224 g/mol. The third kappa shape index (κ3) is 2.80. The minimum absolute atomic E-state index is 0.0132. The Balaban J connectivity index is 1.86. The van der Waals surface area contributed by atoms with Crippen molar-refractivity contribution in [1.82, 2.24) is 0 Å². The van der Waals surface area contributed by atoms with Gasteiger partial charge in [0.05, 0.1) is 6.10 Å². The van der Waals surface area contributed by atoms with Gasteiger partial charge in [0.15, 0.2) is 0 Å². The molecule has 0 aromatic carbocycles. The van der Waals surface area contributed by atoms with E-state index in [0.717, 1.165) is 11.8 Å². The number of aliphatic hydroxyl groups excluding tert-OH is 1. The minimum atomic E-state index is 0.0132. The van der Waals surface area contributed by atoms with Crippen molar-refractivity contribution in [2.75, 3.05) is 0 Å². The van der Waals surface area contributed by atoms with E-state index in [-0.39, 0.29) is 6.10 Å². The molecular weight excluding hydrogens is 196 g/mol. The first-order chi connectivity index (χ1) is 7.70. The molecule has 1 nitrogen and oxygen atoms in total. The van der Waals surface area contributed by atoms with E-state index in [4.69, 9.17) is 0 Å². The highest BCUT2D eigenvalue weighted by Crippen LogP contribution is 2.40. The molecule has 0 aromatic heterocycles. The molecule has 1 heteroatoms. The zero-order valence-electron chi connectivity index (χ0n) is 11.0. The summed E-state index contributed by atoms with van der Waals surface area (Å²) in [6, 6.07) is 0. The third-order valence-electron chi connectivity index (χ3n) is 5.10. The van der Waals surface area contributed by atoms with Crippen LogP contribution in [-0.4, -0.2) is 11.2 Å². The molecule has 0 radical (unpaired) electrons. The van der Waals surface area contributed by atoms with Gasteiger partial charge < -0.3 is 5.11 Å². The second-order valence-corrected chi connectivity index (χ2v) is 6.37. The molecule has 5 unspecified atom stereocenters. The molecule has 2 aliphatic rings. The van der Waals surface area contributed by atoms with Gasteiger partial charge >= 0.3 is 0 Å². The highest BCUT2D eigenvalue weighted by molar-refractivity contribution is 4.85. The third-order valence-corrected chi connectivity index (χ3v) is 5.10. The average molecular weight is 224 g/mol. The molecule has 2 saturated carbocycles. The lowest BCUT2D eigenvalue weighted by Gasteiger charge is -2.34. The van der Waals surface area contributed by atoms with Crippen LogP contribution in [0.2, 0.25) is 0 Å². The second kappa shape index (κ2) is 5.53. The van der Waals surface area contributed by atoms with Gasteiger partial charge in [-0.2, -0.15) is 0 Å². The second-order valence-electron chi connectivity index (χ2n) is 6.37. The van der Waals surface area contributed by atoms with E-state index in [0.29, 0.717) is 11.8 Å². The van der Waals surface area contributed by atoms with E-state index in [9.17, 15) is 5.11 Å². The summed E-state index contributed by atoms with van der Waals surface area (Å²) in [6.45, 7) is 4.64. The van der Waals surface area contributed by atoms with E-state index in [1.54, 1.807) is 0 Å². The molecule has 0 aromatic rings. The van der Waals surface area contributed by atoms with Gasteiger partial charge in [0.25, 0.3) is 0 Å². The maximum Gasteiger partial charge on any atom is 0.0596 e. The predicted octanol–water partition coefficient (Wildman–Crippen LogP) is 4.00. The van der Waals surface area contributed by atoms with Crippen LogP contribution in [0, 0.1) is 23.7 Å². The Kier molecular flexibility index (Phi) is 4.29. The van der Waals surface area contributed by atoms with Crippen LogP contribution in [0.5, 0.6) is 0 Å². The van der Waals surface area contributed by atoms with E-state index >= 15 is 0 Å². The minimum Gasteiger partial charge on any atom is -0.393 e. The molecule has 94 valence electrons. The Morgan fingerprint density at radius 3 is 2.44 bits per heavy atom. The van der Waals surface area contributed by atoms with Gasteiger partial charge in [-0.05, 0) is 49.4 Å². The lowest BCUT2D eigenvalue weighted by atomic mass is 9.74. The Morgan fingerprint density at radius 2 is 1.81 bits per heavy atom. The van der Waals surface area contributed by atoms with Gasteiger partial charge in [0.1, 0.15) is 0 Å². The molecule has 0 aliphatic heterocycles. The lowest BCUT2D eigenvalue weighted by Crippen LogP contribution is -2.31. The van der Waals surface area contributed by atoms with Crippen LogP contribution in [0.4, 0.5) is 0 Å². The van der Waals surface area contributed by atoms with Gasteiger partial charge in [-0.3, -0.25) is 0 Å². The van der Waals surface area contributed by atoms with Crippen LogP contribution in [-0.2, 0) is 0 Å². The fourth-order valence-corrected chi connectivity index (χ4v) is 3.96. The van der Waals surface area contributed by atoms with Crippen molar-refractivity contribution in [3.8, 4) is 0 Å². The van der Waals surface area contributed by atoms with Crippen LogP contribution in [0.25, 0.3) is 0 Å². The summed E-state index contributed by atoms with van der Waals surface area (Å²) in [5.74, 6) is 2.99. The first kappa shape index (κ1) is 12.4. The summed E-state index contributed by atoms with van der Waals surface area (Å²) in [5.41, 5.74) is 0. The SMILES string of the molecule is CCC1CCCC(C(O)C2CCC(C)C2)C1. The zero-order valence-corrected chi connectivity index (χ0v) is 11.0. The quantitative estimate of drug-likeness (QED) is 0.768. The Hall–Kier alpha value is -0.0400. The summed E-state index contributed by atoms with van der Waals surface area (Å²) in [6.07, 6.45) is 10.5. The van der Waals surface area contributed by atoms with Crippen LogP contribution < -0.4 is 0 Å². The maximum absolute atomic E-state index is 10.5. The van der Waals surface area contributed by atoms with Gasteiger partial charge in [-0.15, -0.1) is 0 Å². The molecular formula is C15H28O. The molecule has 0 saturated heterocycles. The largest absolute Gasteiger partial charge is 0.393 e. The molecule has 2 fully saturated rings. The first-order valence-electron chi connectivity index (χ1n) is 7.38. The van der Waals surface area contributed by atoms with Crippen molar-refractivity contribution >= 4 is 0 Å². The van der Waals surface area contributed by atoms with E-state index < -0.39 is 0 Å². The van der Waals surface area contributed by atoms with Gasteiger partial charge in [0.2, 0.25) is 0 Å². The normalized spacial score (nSPS) is 42.2. The first-order valence-corrected chi connectivity index (χ1v) is 7.38. The number of aliphatic hydroxyl groups is 1. The zero-order chi connectivity index (χ0) is 11.5. The van der Waals surface area contributed by atoms with E-state index in [1.165, 1.54) is 51.4 Å². The number of rotatable bonds is 3. The molecule has 5 atom stereocenters. The highest BCUT2D eigenvalue weighted by atomic mass is 16.3. The maximum atomic E-state index is 10.5. The molecule has 0 amide bonds. The predicted molar refractivity (Wildman–Crippen MR) is 68.3 cm³/mol. The molecule has 16 heavy (non-hydrogen) atoms. The van der Waals surface area contributed by atoms with Crippen LogP contribution in [0.3, 0.4) is 0 Å². The smallest absolute Gasteiger partial charge is 0.0596 e. The fraction of sp³-hybridized carbons (Fsp3) is 1.00. The van der Waals surface area contributed by atoms with Crippen LogP contribution in [0.15, 0.2) is 0 Å². The lowest BCUT2D eigenvalue weighted by molar-refractivity contribution is 0.0227. The standard InChI is InChI=1S/C15H28O/c1-3-12-5-4-6-13(10-12)15(16)14-8-7-11(2)9-14/h11-16H,3-10H2,1-2H3. The molecule has 2 aliphatic carbocycles. The molecule has 0 bridgehead atoms. The van der Waals surface area contributed by atoms with Crippen molar-refractivity contribution in [2.45, 2.75) is 71.3 Å². The van der Waals surface area contributed by atoms with Crippen molar-refractivity contribution < 1.29 is 5.11 Å². The average Bonchev–Trinajstić information content (AvgIpc) is 2.75. The van der Waals surface area contributed by atoms with Crippen molar-refractivity contribution in [3.63, 3.8) is 0 Å². The summed E-state index contributed by atoms with van der Waals surface area (Å²) in [4.78, 5) is 0. The molecule has 0 spiro atoms. The molecule has 1 N–H and O–H groups in total. The molecule has 2 rings (SSSR count). The van der Waals surface area contributed by atoms with Crippen molar-refractivity contribution in [3.05, 3.63) is 0 Å². The van der Waals surface area contributed by atoms with E-state index in [2.05, 4.69) is 13.8 Å². The van der Waals surface area contributed by atoms with Gasteiger partial charge in [-0.25, -0.2) is 0 Å². The Bertz CT molecular complexity index is 213. The Labute approximate surface area is 101 Å². The van der Waals surface area contributed by atoms with Crippen molar-refractivity contribution in [1.29, 1.82) is 0 Å². The highest BCUT2D eigenvalue weighted by Gasteiger charge is 2.34. The van der Waals surface area contributed by atoms with Crippen LogP contribution in [0.1, 0.15) is 65.2 Å². The fourth-order valence-electron chi connectivity index (χ4n) is 3.96. The summed E-state index contributed by atoms with van der Waals surface area (Å²) >= 11 is 0.